The zero-order valence-corrected chi connectivity index (χ0v) is 15.9. The van der Waals surface area contributed by atoms with Crippen LogP contribution in [0.3, 0.4) is 0 Å². The lowest BCUT2D eigenvalue weighted by molar-refractivity contribution is 0.0987. The van der Waals surface area contributed by atoms with Crippen molar-refractivity contribution in [3.05, 3.63) is 56.2 Å². The van der Waals surface area contributed by atoms with Gasteiger partial charge in [-0.05, 0) is 31.0 Å². The molecule has 0 spiro atoms. The van der Waals surface area contributed by atoms with Crippen molar-refractivity contribution < 1.29 is 9.53 Å². The van der Waals surface area contributed by atoms with Gasteiger partial charge in [0, 0.05) is 25.8 Å². The van der Waals surface area contributed by atoms with Crippen LogP contribution in [0.5, 0.6) is 0 Å². The number of nitrogens with two attached hydrogens (primary N) is 1. The van der Waals surface area contributed by atoms with Gasteiger partial charge in [0.05, 0.1) is 6.61 Å². The van der Waals surface area contributed by atoms with Crippen LogP contribution in [0.4, 0.5) is 11.5 Å². The summed E-state index contributed by atoms with van der Waals surface area (Å²) >= 11 is 0. The number of carbonyl (C=O) groups is 1. The van der Waals surface area contributed by atoms with Crippen LogP contribution < -0.4 is 21.9 Å². The number of hydrogen-bond donors (Lipinski definition) is 2. The fourth-order valence-electron chi connectivity index (χ4n) is 2.90. The van der Waals surface area contributed by atoms with Gasteiger partial charge in [-0.1, -0.05) is 25.5 Å². The number of hydrogen-bond acceptors (Lipinski definition) is 5. The van der Waals surface area contributed by atoms with E-state index in [1.807, 2.05) is 13.0 Å². The number of amides is 1. The molecule has 8 heteroatoms. The fourth-order valence-corrected chi connectivity index (χ4v) is 2.90. The van der Waals surface area contributed by atoms with Gasteiger partial charge in [0.15, 0.2) is 5.69 Å². The Morgan fingerprint density at radius 1 is 1.30 bits per heavy atom. The minimum absolute atomic E-state index is 0.000413. The Labute approximate surface area is 157 Å². The van der Waals surface area contributed by atoms with E-state index in [0.717, 1.165) is 18.4 Å². The molecule has 1 aromatic heterocycles. The zero-order chi connectivity index (χ0) is 20.0. The molecule has 0 bridgehead atoms. The molecule has 1 heterocycles. The molecule has 0 unspecified atom stereocenters. The maximum atomic E-state index is 13.0. The number of nitrogens with one attached hydrogen (secondary N) is 1. The summed E-state index contributed by atoms with van der Waals surface area (Å²) < 4.78 is 6.40. The number of anilines is 2. The molecule has 1 aromatic carbocycles. The third-order valence-corrected chi connectivity index (χ3v) is 4.27. The van der Waals surface area contributed by atoms with Gasteiger partial charge in [-0.15, -0.1) is 0 Å². The number of aromatic nitrogens is 2. The molecule has 146 valence electrons. The van der Waals surface area contributed by atoms with E-state index >= 15 is 0 Å². The van der Waals surface area contributed by atoms with Gasteiger partial charge in [-0.25, -0.2) is 4.79 Å². The molecule has 2 aromatic rings. The van der Waals surface area contributed by atoms with Crippen LogP contribution in [0.1, 0.15) is 42.6 Å². The second kappa shape index (κ2) is 9.18. The van der Waals surface area contributed by atoms with E-state index in [1.165, 1.54) is 9.47 Å². The van der Waals surface area contributed by atoms with Crippen molar-refractivity contribution >= 4 is 17.4 Å². The normalized spacial score (nSPS) is 10.8. The smallest absolute Gasteiger partial charge is 0.330 e. The Balaban J connectivity index is 2.51. The Hall–Kier alpha value is -2.87. The SMILES string of the molecule is CCCCn1c(N)c(N(CC)C(=O)c2cccc(COC)c2)c(=O)[nH]c1=O. The molecule has 0 atom stereocenters. The lowest BCUT2D eigenvalue weighted by atomic mass is 10.1. The first-order chi connectivity index (χ1) is 12.9. The Morgan fingerprint density at radius 2 is 2.04 bits per heavy atom. The van der Waals surface area contributed by atoms with Crippen LogP contribution in [0.15, 0.2) is 33.9 Å². The van der Waals surface area contributed by atoms with Crippen molar-refractivity contribution in [1.82, 2.24) is 9.55 Å². The Morgan fingerprint density at radius 3 is 2.67 bits per heavy atom. The highest BCUT2D eigenvalue weighted by Gasteiger charge is 2.24. The number of ether oxygens (including phenoxy) is 1. The molecule has 0 radical (unpaired) electrons. The predicted molar refractivity (Wildman–Crippen MR) is 105 cm³/mol. The summed E-state index contributed by atoms with van der Waals surface area (Å²) in [6.07, 6.45) is 1.60. The topological polar surface area (TPSA) is 110 Å². The molecule has 0 aliphatic heterocycles. The molecule has 27 heavy (non-hydrogen) atoms. The van der Waals surface area contributed by atoms with E-state index in [4.69, 9.17) is 10.5 Å². The molecule has 1 amide bonds. The van der Waals surface area contributed by atoms with Gasteiger partial charge in [0.1, 0.15) is 5.82 Å². The minimum atomic E-state index is -0.673. The monoisotopic (exact) mass is 374 g/mol. The number of rotatable bonds is 8. The number of aromatic amines is 1. The van der Waals surface area contributed by atoms with Gasteiger partial charge >= 0.3 is 5.69 Å². The van der Waals surface area contributed by atoms with Gasteiger partial charge < -0.3 is 15.4 Å². The van der Waals surface area contributed by atoms with Crippen LogP contribution >= 0.6 is 0 Å². The van der Waals surface area contributed by atoms with Crippen molar-refractivity contribution in [2.45, 2.75) is 39.8 Å². The average Bonchev–Trinajstić information content (AvgIpc) is 2.65. The van der Waals surface area contributed by atoms with E-state index in [0.29, 0.717) is 18.7 Å². The number of benzene rings is 1. The summed E-state index contributed by atoms with van der Waals surface area (Å²) in [5, 5.41) is 0. The fraction of sp³-hybridized carbons (Fsp3) is 0.421. The van der Waals surface area contributed by atoms with Crippen LogP contribution in [0, 0.1) is 0 Å². The van der Waals surface area contributed by atoms with E-state index in [2.05, 4.69) is 4.98 Å². The van der Waals surface area contributed by atoms with E-state index in [9.17, 15) is 14.4 Å². The first-order valence-corrected chi connectivity index (χ1v) is 8.96. The number of nitrogens with zero attached hydrogens (tertiary/aromatic N) is 2. The highest BCUT2D eigenvalue weighted by Crippen LogP contribution is 2.20. The Kier molecular flexibility index (Phi) is 6.95. The molecule has 0 aliphatic carbocycles. The maximum Gasteiger partial charge on any atom is 0.330 e. The minimum Gasteiger partial charge on any atom is -0.383 e. The first kappa shape index (κ1) is 20.4. The lowest BCUT2D eigenvalue weighted by Crippen LogP contribution is -2.41. The standard InChI is InChI=1S/C19H26N4O4/c1-4-6-10-23-16(20)15(17(24)21-19(23)26)22(5-2)18(25)14-9-7-8-13(11-14)12-27-3/h7-9,11H,4-6,10,12,20H2,1-3H3,(H,21,24,26). The first-order valence-electron chi connectivity index (χ1n) is 8.96. The summed E-state index contributed by atoms with van der Waals surface area (Å²) in [7, 11) is 1.58. The van der Waals surface area contributed by atoms with Crippen molar-refractivity contribution in [2.75, 3.05) is 24.3 Å². The maximum absolute atomic E-state index is 13.0. The van der Waals surface area contributed by atoms with Crippen molar-refractivity contribution in [3.63, 3.8) is 0 Å². The molecule has 2 rings (SSSR count). The van der Waals surface area contributed by atoms with Crippen molar-refractivity contribution in [1.29, 1.82) is 0 Å². The summed E-state index contributed by atoms with van der Waals surface area (Å²) in [5.41, 5.74) is 6.13. The second-order valence-electron chi connectivity index (χ2n) is 6.18. The molecule has 0 aliphatic rings. The Bertz CT molecular complexity index is 917. The van der Waals surface area contributed by atoms with Crippen molar-refractivity contribution in [2.24, 2.45) is 0 Å². The number of carbonyl (C=O) groups excluding carboxylic acids is 1. The molecule has 8 nitrogen and oxygen atoms in total. The average molecular weight is 374 g/mol. The van der Waals surface area contributed by atoms with Gasteiger partial charge in [0.2, 0.25) is 0 Å². The highest BCUT2D eigenvalue weighted by atomic mass is 16.5. The van der Waals surface area contributed by atoms with Gasteiger partial charge in [-0.3, -0.25) is 19.1 Å². The van der Waals surface area contributed by atoms with Crippen LogP contribution in [-0.4, -0.2) is 29.1 Å². The zero-order valence-electron chi connectivity index (χ0n) is 15.9. The molecule has 0 saturated carbocycles. The third-order valence-electron chi connectivity index (χ3n) is 4.27. The van der Waals surface area contributed by atoms with Crippen molar-refractivity contribution in [3.8, 4) is 0 Å². The number of unbranched alkanes of at least 4 members (excludes halogenated alkanes) is 1. The summed E-state index contributed by atoms with van der Waals surface area (Å²) in [6.45, 7) is 4.71. The largest absolute Gasteiger partial charge is 0.383 e. The van der Waals surface area contributed by atoms with Crippen LogP contribution in [-0.2, 0) is 17.9 Å². The summed E-state index contributed by atoms with van der Waals surface area (Å²) in [6, 6.07) is 6.99. The van der Waals surface area contributed by atoms with E-state index in [1.54, 1.807) is 32.2 Å². The second-order valence-corrected chi connectivity index (χ2v) is 6.18. The molecular formula is C19H26N4O4. The quantitative estimate of drug-likeness (QED) is 0.731. The summed E-state index contributed by atoms with van der Waals surface area (Å²) in [4.78, 5) is 41.1. The van der Waals surface area contributed by atoms with Crippen LogP contribution in [0.2, 0.25) is 0 Å². The van der Waals surface area contributed by atoms with Gasteiger partial charge in [-0.2, -0.15) is 0 Å². The lowest BCUT2D eigenvalue weighted by Gasteiger charge is -2.23. The predicted octanol–water partition coefficient (Wildman–Crippen LogP) is 1.73. The van der Waals surface area contributed by atoms with Crippen LogP contribution in [0.25, 0.3) is 0 Å². The third kappa shape index (κ3) is 4.46. The van der Waals surface area contributed by atoms with Gasteiger partial charge in [0.25, 0.3) is 11.5 Å². The number of methoxy groups -OCH3 is 1. The number of H-pyrrole nitrogens is 1. The molecule has 0 fully saturated rings. The molecular weight excluding hydrogens is 348 g/mol. The highest BCUT2D eigenvalue weighted by molar-refractivity contribution is 6.07. The van der Waals surface area contributed by atoms with E-state index < -0.39 is 11.2 Å². The van der Waals surface area contributed by atoms with E-state index in [-0.39, 0.29) is 24.0 Å². The summed E-state index contributed by atoms with van der Waals surface area (Å²) in [5.74, 6) is -0.367. The number of nitrogen functional groups attached to an aromatic ring is 1. The molecule has 3 N–H and O–H groups in total. The molecule has 0 saturated heterocycles.